The summed E-state index contributed by atoms with van der Waals surface area (Å²) >= 11 is 0. The standard InChI is InChI=1S/C17H27N3O2.ClH/c1-12(2)16(18)17(22)19-10-15(21)20(13(3)4)11-14-8-6-5-7-9-14;/h5-9,12-13,16H,10-11,18H2,1-4H3,(H,19,22);1H/t16-;/m0./s1. The van der Waals surface area contributed by atoms with Gasteiger partial charge in [0.2, 0.25) is 11.8 Å². The van der Waals surface area contributed by atoms with Crippen molar-refractivity contribution in [2.75, 3.05) is 6.54 Å². The van der Waals surface area contributed by atoms with Gasteiger partial charge in [0.1, 0.15) is 0 Å². The van der Waals surface area contributed by atoms with Crippen LogP contribution in [0.2, 0.25) is 0 Å². The molecule has 130 valence electrons. The van der Waals surface area contributed by atoms with Gasteiger partial charge in [-0.05, 0) is 25.3 Å². The van der Waals surface area contributed by atoms with E-state index in [-0.39, 0.29) is 42.7 Å². The monoisotopic (exact) mass is 341 g/mol. The fourth-order valence-corrected chi connectivity index (χ4v) is 2.02. The second-order valence-corrected chi connectivity index (χ2v) is 6.09. The van der Waals surface area contributed by atoms with Crippen LogP contribution >= 0.6 is 12.4 Å². The van der Waals surface area contributed by atoms with Crippen molar-refractivity contribution in [2.24, 2.45) is 11.7 Å². The van der Waals surface area contributed by atoms with Crippen LogP contribution in [-0.4, -0.2) is 35.3 Å². The Morgan fingerprint density at radius 3 is 2.17 bits per heavy atom. The topological polar surface area (TPSA) is 75.4 Å². The molecular formula is C17H28ClN3O2. The number of benzene rings is 1. The summed E-state index contributed by atoms with van der Waals surface area (Å²) in [5.41, 5.74) is 6.83. The lowest BCUT2D eigenvalue weighted by Crippen LogP contribution is -2.48. The first-order chi connectivity index (χ1) is 10.3. The lowest BCUT2D eigenvalue weighted by atomic mass is 10.1. The average Bonchev–Trinajstić information content (AvgIpc) is 2.49. The van der Waals surface area contributed by atoms with E-state index in [4.69, 9.17) is 5.73 Å². The highest BCUT2D eigenvalue weighted by Gasteiger charge is 2.21. The Bertz CT molecular complexity index is 492. The van der Waals surface area contributed by atoms with Gasteiger partial charge in [-0.2, -0.15) is 0 Å². The Balaban J connectivity index is 0.00000484. The Morgan fingerprint density at radius 1 is 1.13 bits per heavy atom. The largest absolute Gasteiger partial charge is 0.346 e. The SMILES string of the molecule is CC(C)[C@H](N)C(=O)NCC(=O)N(Cc1ccccc1)C(C)C.Cl. The number of hydrogen-bond donors (Lipinski definition) is 2. The number of amides is 2. The smallest absolute Gasteiger partial charge is 0.242 e. The molecule has 0 spiro atoms. The van der Waals surface area contributed by atoms with Crippen LogP contribution < -0.4 is 11.1 Å². The second-order valence-electron chi connectivity index (χ2n) is 6.09. The predicted molar refractivity (Wildman–Crippen MR) is 95.2 cm³/mol. The highest BCUT2D eigenvalue weighted by Crippen LogP contribution is 2.08. The molecule has 1 atom stereocenters. The number of carbonyl (C=O) groups excluding carboxylic acids is 2. The van der Waals surface area contributed by atoms with Crippen molar-refractivity contribution in [3.63, 3.8) is 0 Å². The number of nitrogens with zero attached hydrogens (tertiary/aromatic N) is 1. The summed E-state index contributed by atoms with van der Waals surface area (Å²) in [5.74, 6) is -0.351. The van der Waals surface area contributed by atoms with Crippen molar-refractivity contribution in [1.29, 1.82) is 0 Å². The van der Waals surface area contributed by atoms with Crippen LogP contribution in [0.25, 0.3) is 0 Å². The number of hydrogen-bond acceptors (Lipinski definition) is 3. The van der Waals surface area contributed by atoms with Crippen molar-refractivity contribution in [3.8, 4) is 0 Å². The molecule has 0 heterocycles. The Morgan fingerprint density at radius 2 is 1.70 bits per heavy atom. The molecular weight excluding hydrogens is 314 g/mol. The van der Waals surface area contributed by atoms with Crippen LogP contribution in [0, 0.1) is 5.92 Å². The molecule has 0 unspecified atom stereocenters. The third-order valence-electron chi connectivity index (χ3n) is 3.57. The van der Waals surface area contributed by atoms with Crippen LogP contribution in [0.4, 0.5) is 0 Å². The third-order valence-corrected chi connectivity index (χ3v) is 3.57. The molecule has 1 aromatic carbocycles. The average molecular weight is 342 g/mol. The summed E-state index contributed by atoms with van der Waals surface area (Å²) in [6.45, 7) is 8.18. The minimum Gasteiger partial charge on any atom is -0.346 e. The van der Waals surface area contributed by atoms with Gasteiger partial charge in [0.05, 0.1) is 12.6 Å². The maximum atomic E-state index is 12.4. The zero-order valence-corrected chi connectivity index (χ0v) is 15.1. The first-order valence-electron chi connectivity index (χ1n) is 7.69. The maximum Gasteiger partial charge on any atom is 0.242 e. The highest BCUT2D eigenvalue weighted by atomic mass is 35.5. The molecule has 0 saturated heterocycles. The normalized spacial score (nSPS) is 11.8. The molecule has 23 heavy (non-hydrogen) atoms. The van der Waals surface area contributed by atoms with Crippen molar-refractivity contribution < 1.29 is 9.59 Å². The van der Waals surface area contributed by atoms with Crippen molar-refractivity contribution >= 4 is 24.2 Å². The molecule has 0 aromatic heterocycles. The summed E-state index contributed by atoms with van der Waals surface area (Å²) in [4.78, 5) is 25.9. The van der Waals surface area contributed by atoms with Gasteiger partial charge in [-0.3, -0.25) is 9.59 Å². The van der Waals surface area contributed by atoms with E-state index in [1.165, 1.54) is 0 Å². The summed E-state index contributed by atoms with van der Waals surface area (Å²) < 4.78 is 0. The zero-order chi connectivity index (χ0) is 16.7. The molecule has 6 heteroatoms. The second kappa shape index (κ2) is 10.2. The molecule has 0 fully saturated rings. The van der Waals surface area contributed by atoms with Gasteiger partial charge in [0, 0.05) is 12.6 Å². The first-order valence-corrected chi connectivity index (χ1v) is 7.69. The van der Waals surface area contributed by atoms with E-state index < -0.39 is 6.04 Å². The van der Waals surface area contributed by atoms with Crippen LogP contribution in [0.1, 0.15) is 33.3 Å². The zero-order valence-electron chi connectivity index (χ0n) is 14.3. The molecule has 3 N–H and O–H groups in total. The fraction of sp³-hybridized carbons (Fsp3) is 0.529. The summed E-state index contributed by atoms with van der Waals surface area (Å²) in [5, 5.41) is 2.63. The van der Waals surface area contributed by atoms with Crippen LogP contribution in [0.5, 0.6) is 0 Å². The third kappa shape index (κ3) is 7.01. The molecule has 0 saturated carbocycles. The van der Waals surface area contributed by atoms with Gasteiger partial charge in [-0.25, -0.2) is 0 Å². The molecule has 5 nitrogen and oxygen atoms in total. The Kier molecular flexibility index (Phi) is 9.53. The number of carbonyl (C=O) groups is 2. The quantitative estimate of drug-likeness (QED) is 0.795. The molecule has 0 aliphatic heterocycles. The lowest BCUT2D eigenvalue weighted by molar-refractivity contribution is -0.135. The van der Waals surface area contributed by atoms with Gasteiger partial charge < -0.3 is 16.0 Å². The van der Waals surface area contributed by atoms with Gasteiger partial charge >= 0.3 is 0 Å². The van der Waals surface area contributed by atoms with Crippen molar-refractivity contribution in [2.45, 2.75) is 46.3 Å². The van der Waals surface area contributed by atoms with Crippen LogP contribution in [-0.2, 0) is 16.1 Å². The van der Waals surface area contributed by atoms with Gasteiger partial charge in [-0.15, -0.1) is 12.4 Å². The first kappa shape index (κ1) is 21.4. The number of nitrogens with one attached hydrogen (secondary N) is 1. The summed E-state index contributed by atoms with van der Waals surface area (Å²) in [6, 6.07) is 9.27. The van der Waals surface area contributed by atoms with E-state index in [2.05, 4.69) is 5.32 Å². The Hall–Kier alpha value is -1.59. The summed E-state index contributed by atoms with van der Waals surface area (Å²) in [7, 11) is 0. The maximum absolute atomic E-state index is 12.4. The van der Waals surface area contributed by atoms with E-state index in [1.54, 1.807) is 4.90 Å². The predicted octanol–water partition coefficient (Wildman–Crippen LogP) is 1.94. The van der Waals surface area contributed by atoms with Crippen molar-refractivity contribution in [3.05, 3.63) is 35.9 Å². The van der Waals surface area contributed by atoms with Crippen LogP contribution in [0.15, 0.2) is 30.3 Å². The minimum atomic E-state index is -0.588. The van der Waals surface area contributed by atoms with E-state index in [0.717, 1.165) is 5.56 Å². The van der Waals surface area contributed by atoms with Gasteiger partial charge in [0.25, 0.3) is 0 Å². The van der Waals surface area contributed by atoms with Gasteiger partial charge in [-0.1, -0.05) is 44.2 Å². The molecule has 0 radical (unpaired) electrons. The van der Waals surface area contributed by atoms with E-state index in [1.807, 2.05) is 58.0 Å². The molecule has 0 aliphatic carbocycles. The van der Waals surface area contributed by atoms with E-state index in [0.29, 0.717) is 6.54 Å². The lowest BCUT2D eigenvalue weighted by Gasteiger charge is -2.27. The highest BCUT2D eigenvalue weighted by molar-refractivity contribution is 5.87. The van der Waals surface area contributed by atoms with E-state index in [9.17, 15) is 9.59 Å². The molecule has 1 rings (SSSR count). The van der Waals surface area contributed by atoms with Crippen LogP contribution in [0.3, 0.4) is 0 Å². The molecule has 1 aromatic rings. The molecule has 2 amide bonds. The Labute approximate surface area is 145 Å². The van der Waals surface area contributed by atoms with Gasteiger partial charge in [0.15, 0.2) is 0 Å². The molecule has 0 bridgehead atoms. The molecule has 0 aliphatic rings. The van der Waals surface area contributed by atoms with Crippen molar-refractivity contribution in [1.82, 2.24) is 10.2 Å². The minimum absolute atomic E-state index is 0. The summed E-state index contributed by atoms with van der Waals surface area (Å²) in [6.07, 6.45) is 0. The number of nitrogens with two attached hydrogens (primary N) is 1. The van der Waals surface area contributed by atoms with E-state index >= 15 is 0 Å². The number of halogens is 1. The number of rotatable bonds is 7. The fourth-order valence-electron chi connectivity index (χ4n) is 2.02.